The molecular weight excluding hydrogens is 406 g/mol. The number of hydrogen-bond donors (Lipinski definition) is 1. The van der Waals surface area contributed by atoms with E-state index in [1.165, 1.54) is 5.56 Å². The Morgan fingerprint density at radius 3 is 1.76 bits per heavy atom. The summed E-state index contributed by atoms with van der Waals surface area (Å²) < 4.78 is 5.36. The minimum absolute atomic E-state index is 0.0786. The molecule has 0 saturated heterocycles. The summed E-state index contributed by atoms with van der Waals surface area (Å²) in [7, 11) is 1.68. The molecule has 5 rings (SSSR count). The number of aromatic hydroxyl groups is 1. The maximum Gasteiger partial charge on any atom is 0.118 e. The zero-order chi connectivity index (χ0) is 22.6. The fourth-order valence-corrected chi connectivity index (χ4v) is 4.26. The van der Waals surface area contributed by atoms with Gasteiger partial charge in [-0.05, 0) is 53.1 Å². The normalized spacial score (nSPS) is 13.9. The number of phenolic OH excluding ortho intramolecular Hbond substituents is 1. The fourth-order valence-electron chi connectivity index (χ4n) is 4.26. The number of allylic oxidation sites excluding steroid dienone is 2. The molecule has 162 valence electrons. The number of methoxy groups -OCH3 is 1. The highest BCUT2D eigenvalue weighted by atomic mass is 16.5. The lowest BCUT2D eigenvalue weighted by molar-refractivity contribution is 0.414. The number of nitrogens with zero attached hydrogens (tertiary/aromatic N) is 1. The van der Waals surface area contributed by atoms with Crippen molar-refractivity contribution in [3.05, 3.63) is 138 Å². The van der Waals surface area contributed by atoms with Crippen molar-refractivity contribution < 1.29 is 9.84 Å². The predicted molar refractivity (Wildman–Crippen MR) is 135 cm³/mol. The van der Waals surface area contributed by atoms with Gasteiger partial charge in [-0.15, -0.1) is 0 Å². The topological polar surface area (TPSA) is 32.7 Å². The van der Waals surface area contributed by atoms with E-state index in [1.807, 2.05) is 36.4 Å². The van der Waals surface area contributed by atoms with Crippen LogP contribution in [-0.4, -0.2) is 12.2 Å². The van der Waals surface area contributed by atoms with Crippen LogP contribution >= 0.6 is 0 Å². The highest BCUT2D eigenvalue weighted by Gasteiger charge is 2.26. The zero-order valence-corrected chi connectivity index (χ0v) is 18.4. The monoisotopic (exact) mass is 431 g/mol. The first-order valence-electron chi connectivity index (χ1n) is 11.0. The Bertz CT molecular complexity index is 1230. The molecule has 1 aliphatic rings. The number of ether oxygens (including phenoxy) is 1. The van der Waals surface area contributed by atoms with Crippen LogP contribution in [0.1, 0.15) is 22.6 Å². The van der Waals surface area contributed by atoms with Crippen LogP contribution in [0, 0.1) is 0 Å². The van der Waals surface area contributed by atoms with Gasteiger partial charge in [-0.3, -0.25) is 0 Å². The summed E-state index contributed by atoms with van der Waals surface area (Å²) in [6, 6.07) is 36.4. The van der Waals surface area contributed by atoms with Gasteiger partial charge in [-0.25, -0.2) is 0 Å². The third-order valence-corrected chi connectivity index (χ3v) is 5.88. The van der Waals surface area contributed by atoms with Crippen molar-refractivity contribution in [1.29, 1.82) is 0 Å². The van der Waals surface area contributed by atoms with E-state index < -0.39 is 0 Å². The van der Waals surface area contributed by atoms with E-state index in [-0.39, 0.29) is 11.7 Å². The average molecular weight is 432 g/mol. The molecule has 0 radical (unpaired) electrons. The summed E-state index contributed by atoms with van der Waals surface area (Å²) in [5.74, 6) is 1.16. The minimum atomic E-state index is 0.0786. The van der Waals surface area contributed by atoms with Crippen molar-refractivity contribution in [1.82, 2.24) is 0 Å². The lowest BCUT2D eigenvalue weighted by Crippen LogP contribution is -2.24. The maximum atomic E-state index is 10.3. The van der Waals surface area contributed by atoms with Gasteiger partial charge in [0.1, 0.15) is 11.5 Å². The summed E-state index contributed by atoms with van der Waals surface area (Å²) >= 11 is 0. The van der Waals surface area contributed by atoms with Crippen LogP contribution in [0.25, 0.3) is 11.4 Å². The first kappa shape index (κ1) is 20.7. The molecule has 0 aromatic heterocycles. The fraction of sp³-hybridized carbons (Fsp3) is 0.0667. The molecule has 0 amide bonds. The third kappa shape index (κ3) is 4.26. The van der Waals surface area contributed by atoms with Crippen molar-refractivity contribution in [3.8, 4) is 11.5 Å². The number of anilines is 1. The average Bonchev–Trinajstić information content (AvgIpc) is 2.89. The maximum absolute atomic E-state index is 10.3. The molecule has 0 fully saturated rings. The van der Waals surface area contributed by atoms with Crippen LogP contribution in [0.5, 0.6) is 11.5 Å². The Hall–Kier alpha value is -4.24. The van der Waals surface area contributed by atoms with Crippen LogP contribution in [0.15, 0.2) is 121 Å². The van der Waals surface area contributed by atoms with Gasteiger partial charge >= 0.3 is 0 Å². The summed E-state index contributed by atoms with van der Waals surface area (Å²) in [5, 5.41) is 10.3. The van der Waals surface area contributed by atoms with Gasteiger partial charge in [0, 0.05) is 17.7 Å². The van der Waals surface area contributed by atoms with E-state index in [9.17, 15) is 5.11 Å². The number of hydrogen-bond acceptors (Lipinski definition) is 3. The Morgan fingerprint density at radius 2 is 1.24 bits per heavy atom. The molecule has 0 spiro atoms. The van der Waals surface area contributed by atoms with Crippen LogP contribution in [0.2, 0.25) is 0 Å². The molecule has 0 aliphatic carbocycles. The largest absolute Gasteiger partial charge is 0.508 e. The van der Waals surface area contributed by atoms with E-state index in [2.05, 4.69) is 77.7 Å². The number of phenols is 1. The second-order valence-electron chi connectivity index (χ2n) is 7.99. The van der Waals surface area contributed by atoms with Gasteiger partial charge in [0.05, 0.1) is 18.5 Å². The van der Waals surface area contributed by atoms with Crippen LogP contribution in [0.4, 0.5) is 5.69 Å². The van der Waals surface area contributed by atoms with E-state index >= 15 is 0 Å². The second kappa shape index (κ2) is 9.09. The van der Waals surface area contributed by atoms with E-state index in [0.717, 1.165) is 34.0 Å². The Morgan fingerprint density at radius 1 is 0.667 bits per heavy atom. The van der Waals surface area contributed by atoms with Crippen molar-refractivity contribution >= 4 is 17.1 Å². The molecule has 0 saturated carbocycles. The molecular formula is C30H25NO2. The van der Waals surface area contributed by atoms with E-state index in [0.29, 0.717) is 0 Å². The standard InChI is InChI=1S/C30H25NO2/c1-33-28-17-15-22(16-18-28)25-19-29(23-9-4-2-5-10-23)31(26-13-8-14-27(32)21-26)30(20-25)24-11-6-3-7-12-24/h2-21,25,32H,1H3. The Labute approximate surface area is 194 Å². The number of rotatable bonds is 5. The molecule has 0 unspecified atom stereocenters. The minimum Gasteiger partial charge on any atom is -0.508 e. The van der Waals surface area contributed by atoms with Crippen LogP contribution < -0.4 is 9.64 Å². The second-order valence-corrected chi connectivity index (χ2v) is 7.99. The molecule has 4 aromatic rings. The summed E-state index contributed by atoms with van der Waals surface area (Å²) in [6.07, 6.45) is 4.57. The van der Waals surface area contributed by atoms with Gasteiger partial charge in [-0.2, -0.15) is 0 Å². The third-order valence-electron chi connectivity index (χ3n) is 5.88. The van der Waals surface area contributed by atoms with Gasteiger partial charge in [0.15, 0.2) is 0 Å². The lowest BCUT2D eigenvalue weighted by atomic mass is 9.89. The van der Waals surface area contributed by atoms with Crippen LogP contribution in [0.3, 0.4) is 0 Å². The molecule has 0 bridgehead atoms. The molecule has 3 nitrogen and oxygen atoms in total. The van der Waals surface area contributed by atoms with Gasteiger partial charge < -0.3 is 14.7 Å². The molecule has 33 heavy (non-hydrogen) atoms. The highest BCUT2D eigenvalue weighted by Crippen LogP contribution is 2.42. The highest BCUT2D eigenvalue weighted by molar-refractivity contribution is 5.98. The molecule has 4 aromatic carbocycles. The summed E-state index contributed by atoms with van der Waals surface area (Å²) in [6.45, 7) is 0. The first-order chi connectivity index (χ1) is 16.2. The SMILES string of the molecule is COc1ccc(C2C=C(c3ccccc3)N(c3cccc(O)c3)C(c3ccccc3)=C2)cc1. The van der Waals surface area contributed by atoms with Crippen molar-refractivity contribution in [2.45, 2.75) is 5.92 Å². The quantitative estimate of drug-likeness (QED) is 0.366. The Kier molecular flexibility index (Phi) is 5.69. The van der Waals surface area contributed by atoms with Gasteiger partial charge in [0.2, 0.25) is 0 Å². The van der Waals surface area contributed by atoms with Crippen LogP contribution in [-0.2, 0) is 0 Å². The Balaban J connectivity index is 1.72. The predicted octanol–water partition coefficient (Wildman–Crippen LogP) is 7.09. The molecule has 0 atom stereocenters. The lowest BCUT2D eigenvalue weighted by Gasteiger charge is -2.35. The smallest absolute Gasteiger partial charge is 0.118 e. The van der Waals surface area contributed by atoms with Crippen molar-refractivity contribution in [2.24, 2.45) is 0 Å². The number of benzene rings is 4. The summed E-state index contributed by atoms with van der Waals surface area (Å²) in [5.41, 5.74) is 6.47. The van der Waals surface area contributed by atoms with Crippen molar-refractivity contribution in [2.75, 3.05) is 12.0 Å². The van der Waals surface area contributed by atoms with E-state index in [4.69, 9.17) is 4.74 Å². The van der Waals surface area contributed by atoms with E-state index in [1.54, 1.807) is 19.2 Å². The van der Waals surface area contributed by atoms with Crippen molar-refractivity contribution in [3.63, 3.8) is 0 Å². The summed E-state index contributed by atoms with van der Waals surface area (Å²) in [4.78, 5) is 2.23. The molecule has 1 heterocycles. The molecule has 1 N–H and O–H groups in total. The zero-order valence-electron chi connectivity index (χ0n) is 18.4. The van der Waals surface area contributed by atoms with Gasteiger partial charge in [-0.1, -0.05) is 78.9 Å². The molecule has 3 heteroatoms. The van der Waals surface area contributed by atoms with Gasteiger partial charge in [0.25, 0.3) is 0 Å². The molecule has 1 aliphatic heterocycles. The first-order valence-corrected chi connectivity index (χ1v) is 11.0.